The summed E-state index contributed by atoms with van der Waals surface area (Å²) in [5, 5.41) is 13.8. The Morgan fingerprint density at radius 2 is 1.66 bits per heavy atom. The number of rotatable bonds is 4. The topological polar surface area (TPSA) is 111 Å². The van der Waals surface area contributed by atoms with Crippen molar-refractivity contribution in [2.24, 2.45) is 11.8 Å². The molecule has 4 heterocycles. The Kier molecular flexibility index (Phi) is 8.16. The van der Waals surface area contributed by atoms with Crippen LogP contribution in [0.3, 0.4) is 0 Å². The van der Waals surface area contributed by atoms with E-state index in [-0.39, 0.29) is 24.1 Å². The van der Waals surface area contributed by atoms with E-state index in [1.807, 2.05) is 0 Å². The van der Waals surface area contributed by atoms with E-state index in [0.717, 1.165) is 52.0 Å². The van der Waals surface area contributed by atoms with Crippen molar-refractivity contribution >= 4 is 18.9 Å². The van der Waals surface area contributed by atoms with Gasteiger partial charge in [-0.15, -0.1) is 0 Å². The third kappa shape index (κ3) is 4.52. The highest BCUT2D eigenvalue weighted by molar-refractivity contribution is 5.87. The first-order valence-corrected chi connectivity index (χ1v) is 11.9. The van der Waals surface area contributed by atoms with Gasteiger partial charge in [-0.1, -0.05) is 12.8 Å². The molecule has 0 aromatic rings. The van der Waals surface area contributed by atoms with Crippen LogP contribution in [0, 0.1) is 11.8 Å². The smallest absolute Gasteiger partial charge is 0.290 e. The summed E-state index contributed by atoms with van der Waals surface area (Å²) in [5.41, 5.74) is -0.202. The number of ether oxygens (including phenoxy) is 1. The second-order valence-corrected chi connectivity index (χ2v) is 10.1. The van der Waals surface area contributed by atoms with Crippen LogP contribution in [0.15, 0.2) is 0 Å². The average molecular weight is 454 g/mol. The van der Waals surface area contributed by atoms with Gasteiger partial charge in [0.05, 0.1) is 18.2 Å². The Labute approximate surface area is 190 Å². The predicted molar refractivity (Wildman–Crippen MR) is 118 cm³/mol. The quantitative estimate of drug-likeness (QED) is 0.614. The summed E-state index contributed by atoms with van der Waals surface area (Å²) >= 11 is 0. The van der Waals surface area contributed by atoms with Crippen LogP contribution in [0.25, 0.3) is 0 Å². The van der Waals surface area contributed by atoms with Crippen molar-refractivity contribution in [3.05, 3.63) is 0 Å². The van der Waals surface area contributed by atoms with Crippen molar-refractivity contribution in [2.75, 3.05) is 46.8 Å². The van der Waals surface area contributed by atoms with Crippen molar-refractivity contribution in [3.63, 3.8) is 0 Å². The highest BCUT2D eigenvalue weighted by Crippen LogP contribution is 2.55. The largest absolute Gasteiger partial charge is 0.483 e. The monoisotopic (exact) mass is 453 g/mol. The lowest BCUT2D eigenvalue weighted by Crippen LogP contribution is -2.57. The second kappa shape index (κ2) is 10.5. The Morgan fingerprint density at radius 1 is 1.06 bits per heavy atom. The standard InChI is InChI=1S/C21H35N3O2.2CH2O2/c1-22(2)13-16-17-14-23(15-21(17)10-7-18(16)26-21)19(25)20(8-3-4-9-20)24-11-5-6-12-24;2*2-1-3/h16-18H,3-15H2,1-2H3;2*1H,(H,2,3)/t16-,17+,18+,21+;;/m0../s1. The van der Waals surface area contributed by atoms with Gasteiger partial charge in [0, 0.05) is 24.9 Å². The van der Waals surface area contributed by atoms with E-state index in [2.05, 4.69) is 28.8 Å². The van der Waals surface area contributed by atoms with Crippen molar-refractivity contribution in [1.82, 2.24) is 14.7 Å². The third-order valence-corrected chi connectivity index (χ3v) is 8.19. The first-order chi connectivity index (χ1) is 15.4. The summed E-state index contributed by atoms with van der Waals surface area (Å²) in [4.78, 5) is 37.6. The van der Waals surface area contributed by atoms with E-state index < -0.39 is 0 Å². The number of fused-ring (bicyclic) bond motifs is 1. The third-order valence-electron chi connectivity index (χ3n) is 8.19. The van der Waals surface area contributed by atoms with Crippen LogP contribution in [-0.2, 0) is 19.1 Å². The summed E-state index contributed by atoms with van der Waals surface area (Å²) in [6, 6.07) is 0. The van der Waals surface area contributed by atoms with Crippen LogP contribution in [0.1, 0.15) is 51.4 Å². The number of hydrogen-bond donors (Lipinski definition) is 2. The summed E-state index contributed by atoms with van der Waals surface area (Å²) in [6.07, 6.45) is 9.88. The van der Waals surface area contributed by atoms with Gasteiger partial charge in [0.1, 0.15) is 5.54 Å². The maximum absolute atomic E-state index is 13.8. The summed E-state index contributed by atoms with van der Waals surface area (Å²) in [5.74, 6) is 1.59. The van der Waals surface area contributed by atoms with Crippen molar-refractivity contribution in [3.8, 4) is 0 Å². The molecule has 1 amide bonds. The van der Waals surface area contributed by atoms with E-state index >= 15 is 0 Å². The molecule has 182 valence electrons. The summed E-state index contributed by atoms with van der Waals surface area (Å²) in [6.45, 7) is 4.62. The average Bonchev–Trinajstić information content (AvgIpc) is 3.55. The molecule has 2 N–H and O–H groups in total. The van der Waals surface area contributed by atoms with E-state index in [1.165, 1.54) is 32.1 Å². The zero-order valence-corrected chi connectivity index (χ0v) is 19.4. The second-order valence-electron chi connectivity index (χ2n) is 10.1. The Balaban J connectivity index is 0.000000437. The van der Waals surface area contributed by atoms with Crippen LogP contribution in [0.2, 0.25) is 0 Å². The van der Waals surface area contributed by atoms with Gasteiger partial charge in [-0.3, -0.25) is 19.3 Å². The number of amides is 1. The molecular weight excluding hydrogens is 414 g/mol. The molecule has 4 atom stereocenters. The minimum Gasteiger partial charge on any atom is -0.483 e. The fraction of sp³-hybridized carbons (Fsp3) is 0.870. The first kappa shape index (κ1) is 24.9. The predicted octanol–water partition coefficient (Wildman–Crippen LogP) is 1.36. The van der Waals surface area contributed by atoms with Crippen LogP contribution < -0.4 is 0 Å². The van der Waals surface area contributed by atoms with Gasteiger partial charge in [-0.05, 0) is 65.7 Å². The minimum absolute atomic E-state index is 0.0220. The fourth-order valence-corrected chi connectivity index (χ4v) is 7.08. The Bertz CT molecular complexity index is 656. The first-order valence-electron chi connectivity index (χ1n) is 11.9. The zero-order valence-electron chi connectivity index (χ0n) is 19.4. The zero-order chi connectivity index (χ0) is 23.4. The highest BCUT2D eigenvalue weighted by atomic mass is 16.5. The molecule has 2 bridgehead atoms. The Hall–Kier alpha value is -1.71. The molecule has 1 saturated carbocycles. The molecule has 1 aliphatic carbocycles. The molecule has 32 heavy (non-hydrogen) atoms. The number of likely N-dealkylation sites (tertiary alicyclic amines) is 2. The number of carboxylic acid groups (broad SMARTS) is 2. The number of carbonyl (C=O) groups excluding carboxylic acids is 1. The molecule has 4 aliphatic heterocycles. The molecular formula is C23H39N3O6. The molecule has 9 nitrogen and oxygen atoms in total. The van der Waals surface area contributed by atoms with E-state index in [9.17, 15) is 4.79 Å². The lowest BCUT2D eigenvalue weighted by Gasteiger charge is -2.40. The SMILES string of the molecule is CN(C)C[C@H]1[C@H]2CN(C(=O)C3(N4CCCC4)CCCC3)C[C@]23CC[C@H]1O3.O=CO.O=CO. The normalized spacial score (nSPS) is 34.5. The molecule has 0 radical (unpaired) electrons. The van der Waals surface area contributed by atoms with Gasteiger partial charge in [0.15, 0.2) is 0 Å². The van der Waals surface area contributed by atoms with Crippen molar-refractivity contribution in [1.29, 1.82) is 0 Å². The molecule has 5 aliphatic rings. The van der Waals surface area contributed by atoms with E-state index in [0.29, 0.717) is 23.8 Å². The molecule has 5 fully saturated rings. The summed E-state index contributed by atoms with van der Waals surface area (Å²) < 4.78 is 6.56. The maximum atomic E-state index is 13.8. The molecule has 0 aromatic carbocycles. The van der Waals surface area contributed by atoms with Crippen molar-refractivity contribution < 1.29 is 29.3 Å². The van der Waals surface area contributed by atoms with Gasteiger partial charge in [0.2, 0.25) is 5.91 Å². The maximum Gasteiger partial charge on any atom is 0.290 e. The fourth-order valence-electron chi connectivity index (χ4n) is 7.08. The van der Waals surface area contributed by atoms with Gasteiger partial charge in [-0.2, -0.15) is 0 Å². The number of carbonyl (C=O) groups is 3. The molecule has 4 saturated heterocycles. The van der Waals surface area contributed by atoms with Crippen LogP contribution in [0.5, 0.6) is 0 Å². The molecule has 5 rings (SSSR count). The van der Waals surface area contributed by atoms with Crippen LogP contribution >= 0.6 is 0 Å². The lowest BCUT2D eigenvalue weighted by atomic mass is 9.73. The van der Waals surface area contributed by atoms with E-state index in [1.54, 1.807) is 0 Å². The number of nitrogens with zero attached hydrogens (tertiary/aromatic N) is 3. The molecule has 9 heteroatoms. The molecule has 0 aromatic heterocycles. The van der Waals surface area contributed by atoms with Gasteiger partial charge in [0.25, 0.3) is 12.9 Å². The van der Waals surface area contributed by atoms with Gasteiger partial charge >= 0.3 is 0 Å². The van der Waals surface area contributed by atoms with E-state index in [4.69, 9.17) is 24.5 Å². The Morgan fingerprint density at radius 3 is 2.22 bits per heavy atom. The lowest BCUT2D eigenvalue weighted by molar-refractivity contribution is -0.144. The highest BCUT2D eigenvalue weighted by Gasteiger charge is 2.64. The van der Waals surface area contributed by atoms with Gasteiger partial charge < -0.3 is 24.7 Å². The van der Waals surface area contributed by atoms with Gasteiger partial charge in [-0.25, -0.2) is 0 Å². The number of hydrogen-bond acceptors (Lipinski definition) is 6. The molecule has 1 spiro atoms. The van der Waals surface area contributed by atoms with Crippen LogP contribution in [-0.4, -0.2) is 108 Å². The van der Waals surface area contributed by atoms with Crippen LogP contribution in [0.4, 0.5) is 0 Å². The van der Waals surface area contributed by atoms with Crippen molar-refractivity contribution in [2.45, 2.75) is 68.6 Å². The summed E-state index contributed by atoms with van der Waals surface area (Å²) in [7, 11) is 4.33. The molecule has 0 unspecified atom stereocenters. The minimum atomic E-state index is -0.250.